The molecule has 102 valence electrons. The van der Waals surface area contributed by atoms with Crippen molar-refractivity contribution in [2.75, 3.05) is 5.32 Å². The third-order valence-corrected chi connectivity index (χ3v) is 4.11. The van der Waals surface area contributed by atoms with Crippen molar-refractivity contribution in [3.63, 3.8) is 0 Å². The zero-order valence-corrected chi connectivity index (χ0v) is 11.7. The molecule has 1 aliphatic carbocycles. The van der Waals surface area contributed by atoms with Gasteiger partial charge in [0.25, 0.3) is 0 Å². The zero-order valence-electron chi connectivity index (χ0n) is 11.7. The Hall–Kier alpha value is -3.18. The Balaban J connectivity index is 1.98. The molecule has 2 heteroatoms. The van der Waals surface area contributed by atoms with E-state index in [-0.39, 0.29) is 0 Å². The largest absolute Gasteiger partial charge is 0.455 e. The van der Waals surface area contributed by atoms with Gasteiger partial charge in [0.05, 0.1) is 5.70 Å². The van der Waals surface area contributed by atoms with E-state index in [1.54, 1.807) is 0 Å². The number of rotatable bonds is 0. The zero-order chi connectivity index (χ0) is 14.5. The van der Waals surface area contributed by atoms with E-state index in [9.17, 15) is 0 Å². The summed E-state index contributed by atoms with van der Waals surface area (Å²) >= 11 is 0. The Bertz CT molecular complexity index is 1070. The van der Waals surface area contributed by atoms with Gasteiger partial charge in [-0.05, 0) is 24.3 Å². The van der Waals surface area contributed by atoms with Gasteiger partial charge in [-0.1, -0.05) is 41.8 Å². The van der Waals surface area contributed by atoms with Crippen LogP contribution in [0.5, 0.6) is 0 Å². The second-order valence-corrected chi connectivity index (χ2v) is 5.38. The second-order valence-electron chi connectivity index (χ2n) is 5.38. The fraction of sp³-hybridized carbons (Fsp3) is 0. The van der Waals surface area contributed by atoms with Crippen LogP contribution in [-0.4, -0.2) is 0 Å². The monoisotopic (exact) mass is 281 g/mol. The molecule has 0 amide bonds. The second kappa shape index (κ2) is 4.16. The number of hydrogen-bond acceptors (Lipinski definition) is 2. The molecule has 2 heterocycles. The fourth-order valence-electron chi connectivity index (χ4n) is 3.13. The van der Waals surface area contributed by atoms with E-state index in [0.29, 0.717) is 0 Å². The third-order valence-electron chi connectivity index (χ3n) is 4.11. The van der Waals surface area contributed by atoms with Gasteiger partial charge in [0.2, 0.25) is 0 Å². The van der Waals surface area contributed by atoms with Gasteiger partial charge in [-0.15, -0.1) is 0 Å². The van der Waals surface area contributed by atoms with Crippen LogP contribution >= 0.6 is 0 Å². The summed E-state index contributed by atoms with van der Waals surface area (Å²) in [7, 11) is 0. The predicted octanol–water partition coefficient (Wildman–Crippen LogP) is 5.12. The summed E-state index contributed by atoms with van der Waals surface area (Å²) in [6.45, 7) is 0. The Labute approximate surface area is 127 Å². The lowest BCUT2D eigenvalue weighted by Gasteiger charge is -2.10. The Morgan fingerprint density at radius 3 is 2.68 bits per heavy atom. The highest BCUT2D eigenvalue weighted by Crippen LogP contribution is 2.45. The number of allylic oxidation sites excluding steroid dienone is 3. The normalized spacial score (nSPS) is 14.4. The van der Waals surface area contributed by atoms with Gasteiger partial charge in [-0.25, -0.2) is 0 Å². The Kier molecular flexibility index (Phi) is 2.17. The minimum absolute atomic E-state index is 0.905. The smallest absolute Gasteiger partial charge is 0.145 e. The molecule has 0 unspecified atom stereocenters. The van der Waals surface area contributed by atoms with Crippen LogP contribution < -0.4 is 5.32 Å². The van der Waals surface area contributed by atoms with Crippen molar-refractivity contribution in [3.05, 3.63) is 83.4 Å². The Morgan fingerprint density at radius 1 is 0.864 bits per heavy atom. The van der Waals surface area contributed by atoms with E-state index in [0.717, 1.165) is 44.8 Å². The molecule has 2 aromatic carbocycles. The van der Waals surface area contributed by atoms with Crippen molar-refractivity contribution in [2.24, 2.45) is 0 Å². The molecule has 22 heavy (non-hydrogen) atoms. The minimum atomic E-state index is 0.905. The molecule has 1 N–H and O–H groups in total. The summed E-state index contributed by atoms with van der Waals surface area (Å²) in [5.74, 6) is 0.905. The maximum absolute atomic E-state index is 6.19. The summed E-state index contributed by atoms with van der Waals surface area (Å²) in [5, 5.41) is 4.61. The van der Waals surface area contributed by atoms with Crippen LogP contribution in [0.4, 0.5) is 5.69 Å². The van der Waals surface area contributed by atoms with Crippen LogP contribution in [-0.2, 0) is 0 Å². The van der Waals surface area contributed by atoms with E-state index >= 15 is 0 Å². The SMILES string of the molecule is C1=C=CC2=C(C=1)Nc1ccccc1-c1oc3ccccc3c12. The topological polar surface area (TPSA) is 25.2 Å². The maximum atomic E-state index is 6.19. The molecular formula is C20H11NO. The highest BCUT2D eigenvalue weighted by molar-refractivity contribution is 6.05. The van der Waals surface area contributed by atoms with Crippen LogP contribution in [0.1, 0.15) is 5.56 Å². The van der Waals surface area contributed by atoms with E-state index in [1.165, 1.54) is 0 Å². The van der Waals surface area contributed by atoms with E-state index in [1.807, 2.05) is 42.5 Å². The van der Waals surface area contributed by atoms with Gasteiger partial charge in [0, 0.05) is 33.8 Å². The first kappa shape index (κ1) is 11.5. The lowest BCUT2D eigenvalue weighted by atomic mass is 9.97. The third kappa shape index (κ3) is 1.45. The highest BCUT2D eigenvalue weighted by Gasteiger charge is 2.25. The van der Waals surface area contributed by atoms with Gasteiger partial charge in [0.1, 0.15) is 11.3 Å². The standard InChI is InChI=1S/C20H11NO/c1-4-10-16-13(7-1)19-15-9-3-6-12-18(15)22-20(19)14-8-2-5-11-17(14)21-16/h2-3,5-12,21H. The molecule has 0 fully saturated rings. The minimum Gasteiger partial charge on any atom is -0.455 e. The lowest BCUT2D eigenvalue weighted by molar-refractivity contribution is 0.631. The van der Waals surface area contributed by atoms with Crippen LogP contribution in [0.25, 0.3) is 27.9 Å². The van der Waals surface area contributed by atoms with Gasteiger partial charge in [0.15, 0.2) is 0 Å². The average Bonchev–Trinajstić information content (AvgIpc) is 2.89. The Morgan fingerprint density at radius 2 is 1.68 bits per heavy atom. The molecule has 5 rings (SSSR count). The lowest BCUT2D eigenvalue weighted by Crippen LogP contribution is -1.99. The quantitative estimate of drug-likeness (QED) is 0.579. The highest BCUT2D eigenvalue weighted by atomic mass is 16.3. The molecule has 3 aromatic rings. The number of hydrogen-bond donors (Lipinski definition) is 1. The van der Waals surface area contributed by atoms with Crippen molar-refractivity contribution >= 4 is 22.2 Å². The number of para-hydroxylation sites is 2. The van der Waals surface area contributed by atoms with Crippen molar-refractivity contribution in [1.82, 2.24) is 0 Å². The molecule has 1 aliphatic heterocycles. The van der Waals surface area contributed by atoms with Crippen LogP contribution in [0, 0.1) is 0 Å². The van der Waals surface area contributed by atoms with Crippen LogP contribution in [0.2, 0.25) is 0 Å². The molecule has 2 nitrogen and oxygen atoms in total. The first-order valence-corrected chi connectivity index (χ1v) is 7.22. The summed E-state index contributed by atoms with van der Waals surface area (Å²) in [4.78, 5) is 0. The van der Waals surface area contributed by atoms with Crippen molar-refractivity contribution in [2.45, 2.75) is 0 Å². The maximum Gasteiger partial charge on any atom is 0.145 e. The molecular weight excluding hydrogens is 270 g/mol. The average molecular weight is 281 g/mol. The van der Waals surface area contributed by atoms with Gasteiger partial charge < -0.3 is 9.73 Å². The van der Waals surface area contributed by atoms with Crippen LogP contribution in [0.15, 0.2) is 82.3 Å². The fourth-order valence-corrected chi connectivity index (χ4v) is 3.13. The van der Waals surface area contributed by atoms with Gasteiger partial charge in [-0.3, -0.25) is 0 Å². The van der Waals surface area contributed by atoms with Crippen molar-refractivity contribution in [3.8, 4) is 11.3 Å². The molecule has 0 saturated heterocycles. The summed E-state index contributed by atoms with van der Waals surface area (Å²) in [6, 6.07) is 16.4. The molecule has 0 radical (unpaired) electrons. The molecule has 2 aliphatic rings. The number of anilines is 1. The number of benzene rings is 2. The van der Waals surface area contributed by atoms with Crippen molar-refractivity contribution < 1.29 is 4.42 Å². The van der Waals surface area contributed by atoms with E-state index in [2.05, 4.69) is 35.0 Å². The molecule has 0 bridgehead atoms. The number of nitrogens with one attached hydrogen (secondary N) is 1. The van der Waals surface area contributed by atoms with Crippen LogP contribution in [0.3, 0.4) is 0 Å². The first-order valence-electron chi connectivity index (χ1n) is 7.22. The number of furan rings is 1. The molecule has 0 saturated carbocycles. The first-order chi connectivity index (χ1) is 10.9. The van der Waals surface area contributed by atoms with E-state index < -0.39 is 0 Å². The van der Waals surface area contributed by atoms with Gasteiger partial charge in [-0.2, -0.15) is 0 Å². The summed E-state index contributed by atoms with van der Waals surface area (Å²) in [5.41, 5.74) is 12.4. The summed E-state index contributed by atoms with van der Waals surface area (Å²) < 4.78 is 6.19. The van der Waals surface area contributed by atoms with Gasteiger partial charge >= 0.3 is 0 Å². The predicted molar refractivity (Wildman–Crippen MR) is 88.4 cm³/mol. The number of fused-ring (bicyclic) bond motifs is 6. The molecule has 0 spiro atoms. The summed E-state index contributed by atoms with van der Waals surface area (Å²) in [6.07, 6.45) is 3.90. The van der Waals surface area contributed by atoms with E-state index in [4.69, 9.17) is 4.42 Å². The van der Waals surface area contributed by atoms with Crippen molar-refractivity contribution in [1.29, 1.82) is 0 Å². The molecule has 1 aromatic heterocycles. The molecule has 0 atom stereocenters.